The Morgan fingerprint density at radius 3 is 2.91 bits per heavy atom. The van der Waals surface area contributed by atoms with Crippen molar-refractivity contribution >= 4 is 28.9 Å². The van der Waals surface area contributed by atoms with Gasteiger partial charge in [0.15, 0.2) is 5.82 Å². The Hall–Kier alpha value is -3.82. The van der Waals surface area contributed by atoms with Crippen LogP contribution in [-0.4, -0.2) is 63.8 Å². The lowest BCUT2D eigenvalue weighted by molar-refractivity contribution is -0.130. The summed E-state index contributed by atoms with van der Waals surface area (Å²) in [4.78, 5) is 23.0. The predicted octanol–water partition coefficient (Wildman–Crippen LogP) is 2.76. The van der Waals surface area contributed by atoms with Gasteiger partial charge in [-0.15, -0.1) is 0 Å². The summed E-state index contributed by atoms with van der Waals surface area (Å²) in [6.45, 7) is 7.42. The molecule has 3 aromatic heterocycles. The zero-order chi connectivity index (χ0) is 24.4. The lowest BCUT2D eigenvalue weighted by atomic mass is 10.0. The third kappa shape index (κ3) is 4.87. The zero-order valence-electron chi connectivity index (χ0n) is 20.5. The summed E-state index contributed by atoms with van der Waals surface area (Å²) >= 11 is 0. The average Bonchev–Trinajstić information content (AvgIpc) is 3.19. The predicted molar refractivity (Wildman–Crippen MR) is 136 cm³/mol. The van der Waals surface area contributed by atoms with Gasteiger partial charge in [-0.3, -0.25) is 9.48 Å². The van der Waals surface area contributed by atoms with Crippen molar-refractivity contribution in [2.45, 2.75) is 39.7 Å². The number of anilines is 4. The summed E-state index contributed by atoms with van der Waals surface area (Å²) in [5, 5.41) is 14.8. The first-order valence-electron chi connectivity index (χ1n) is 12.2. The second-order valence-electron chi connectivity index (χ2n) is 8.99. The highest BCUT2D eigenvalue weighted by Gasteiger charge is 2.20. The van der Waals surface area contributed by atoms with E-state index in [-0.39, 0.29) is 12.5 Å². The van der Waals surface area contributed by atoms with Crippen LogP contribution in [0.3, 0.4) is 0 Å². The van der Waals surface area contributed by atoms with E-state index in [0.29, 0.717) is 24.8 Å². The molecule has 0 saturated heterocycles. The van der Waals surface area contributed by atoms with Gasteiger partial charge < -0.3 is 25.6 Å². The summed E-state index contributed by atoms with van der Waals surface area (Å²) in [7, 11) is 1.83. The number of ether oxygens (including phenoxy) is 1. The molecule has 3 N–H and O–H groups in total. The van der Waals surface area contributed by atoms with Crippen LogP contribution in [0.4, 0.5) is 23.0 Å². The molecule has 2 aliphatic heterocycles. The molecule has 0 radical (unpaired) electrons. The van der Waals surface area contributed by atoms with Crippen LogP contribution in [0.2, 0.25) is 0 Å². The van der Waals surface area contributed by atoms with Crippen LogP contribution < -0.4 is 20.7 Å². The average molecular weight is 477 g/mol. The number of carbonyl (C=O) groups excluding carboxylic acids is 1. The molecule has 10 heteroatoms. The van der Waals surface area contributed by atoms with Crippen molar-refractivity contribution in [1.29, 1.82) is 0 Å². The van der Waals surface area contributed by atoms with Crippen LogP contribution in [0.5, 0.6) is 5.88 Å². The molecule has 0 atom stereocenters. The van der Waals surface area contributed by atoms with E-state index in [2.05, 4.69) is 50.9 Å². The van der Waals surface area contributed by atoms with Crippen molar-refractivity contribution in [3.05, 3.63) is 46.9 Å². The van der Waals surface area contributed by atoms with E-state index in [4.69, 9.17) is 4.74 Å². The maximum Gasteiger partial charge on any atom is 0.244 e. The molecule has 3 aromatic rings. The molecule has 1 amide bonds. The van der Waals surface area contributed by atoms with Crippen LogP contribution in [0.15, 0.2) is 24.5 Å². The van der Waals surface area contributed by atoms with Crippen LogP contribution >= 0.6 is 0 Å². The van der Waals surface area contributed by atoms with E-state index in [1.54, 1.807) is 9.58 Å². The molecular weight excluding hydrogens is 444 g/mol. The first-order valence-corrected chi connectivity index (χ1v) is 12.2. The standard InChI is InChI=1S/C25H32N8O2/c1-4-17-11-21(30-22-12-19-6-9-32(3)23(34)15-33(19)31-22)28-13-18(17)5-7-26-20-14-29-25-24(16(20)2)27-8-10-35-25/h11-14,26-27H,4-10,15H2,1-3H3,(H,28,30,31). The molecular formula is C25H32N8O2. The number of aryl methyl sites for hydroxylation is 1. The van der Waals surface area contributed by atoms with Crippen LogP contribution in [0.25, 0.3) is 0 Å². The second-order valence-corrected chi connectivity index (χ2v) is 8.99. The number of nitrogens with zero attached hydrogens (tertiary/aromatic N) is 5. The SMILES string of the molecule is CCc1cc(Nc2cc3n(n2)CC(=O)N(C)CC3)ncc1CCNc1cnc2c(c1C)NCCO2. The summed E-state index contributed by atoms with van der Waals surface area (Å²) < 4.78 is 7.40. The highest BCUT2D eigenvalue weighted by Crippen LogP contribution is 2.32. The fourth-order valence-electron chi connectivity index (χ4n) is 4.52. The molecule has 0 spiro atoms. The molecule has 5 heterocycles. The van der Waals surface area contributed by atoms with Gasteiger partial charge in [-0.2, -0.15) is 5.10 Å². The van der Waals surface area contributed by atoms with E-state index >= 15 is 0 Å². The van der Waals surface area contributed by atoms with Gasteiger partial charge in [-0.1, -0.05) is 6.92 Å². The minimum Gasteiger partial charge on any atom is -0.474 e. The van der Waals surface area contributed by atoms with Gasteiger partial charge >= 0.3 is 0 Å². The van der Waals surface area contributed by atoms with E-state index in [0.717, 1.165) is 60.8 Å². The lowest BCUT2D eigenvalue weighted by Gasteiger charge is -2.21. The minimum atomic E-state index is 0.0775. The van der Waals surface area contributed by atoms with Gasteiger partial charge in [0, 0.05) is 56.6 Å². The lowest BCUT2D eigenvalue weighted by Crippen LogP contribution is -2.29. The number of rotatable bonds is 7. The van der Waals surface area contributed by atoms with Crippen molar-refractivity contribution in [2.75, 3.05) is 49.2 Å². The summed E-state index contributed by atoms with van der Waals surface area (Å²) in [5.41, 5.74) is 6.62. The first kappa shape index (κ1) is 22.9. The summed E-state index contributed by atoms with van der Waals surface area (Å²) in [5.74, 6) is 2.23. The van der Waals surface area contributed by atoms with Gasteiger partial charge in [-0.25, -0.2) is 9.97 Å². The molecule has 5 rings (SSSR count). The molecule has 35 heavy (non-hydrogen) atoms. The second kappa shape index (κ2) is 9.81. The van der Waals surface area contributed by atoms with Crippen LogP contribution in [0.1, 0.15) is 29.3 Å². The summed E-state index contributed by atoms with van der Waals surface area (Å²) in [6, 6.07) is 4.10. The number of amides is 1. The highest BCUT2D eigenvalue weighted by atomic mass is 16.5. The molecule has 0 fully saturated rings. The Bertz CT molecular complexity index is 1240. The molecule has 0 aromatic carbocycles. The van der Waals surface area contributed by atoms with E-state index in [1.165, 1.54) is 11.1 Å². The topological polar surface area (TPSA) is 109 Å². The monoisotopic (exact) mass is 476 g/mol. The molecule has 0 bridgehead atoms. The number of hydrogen-bond donors (Lipinski definition) is 3. The molecule has 0 aliphatic carbocycles. The van der Waals surface area contributed by atoms with Gasteiger partial charge in [0.1, 0.15) is 24.7 Å². The largest absolute Gasteiger partial charge is 0.474 e. The van der Waals surface area contributed by atoms with E-state index < -0.39 is 0 Å². The first-order chi connectivity index (χ1) is 17.0. The van der Waals surface area contributed by atoms with Crippen molar-refractivity contribution in [3.63, 3.8) is 0 Å². The maximum absolute atomic E-state index is 12.1. The highest BCUT2D eigenvalue weighted by molar-refractivity contribution is 5.76. The van der Waals surface area contributed by atoms with Crippen molar-refractivity contribution in [2.24, 2.45) is 0 Å². The number of carbonyl (C=O) groups is 1. The molecule has 184 valence electrons. The quantitative estimate of drug-likeness (QED) is 0.478. The van der Waals surface area contributed by atoms with Gasteiger partial charge in [0.25, 0.3) is 0 Å². The van der Waals surface area contributed by atoms with Crippen molar-refractivity contribution in [1.82, 2.24) is 24.6 Å². The number of pyridine rings is 2. The maximum atomic E-state index is 12.1. The Morgan fingerprint density at radius 1 is 1.17 bits per heavy atom. The number of aromatic nitrogens is 4. The molecule has 2 aliphatic rings. The van der Waals surface area contributed by atoms with Gasteiger partial charge in [0.05, 0.1) is 11.9 Å². The molecule has 0 saturated carbocycles. The smallest absolute Gasteiger partial charge is 0.244 e. The Kier molecular flexibility index (Phi) is 6.43. The van der Waals surface area contributed by atoms with Gasteiger partial charge in [-0.05, 0) is 37.0 Å². The van der Waals surface area contributed by atoms with Crippen LogP contribution in [-0.2, 0) is 30.6 Å². The van der Waals surface area contributed by atoms with Crippen LogP contribution in [0, 0.1) is 6.92 Å². The number of fused-ring (bicyclic) bond motifs is 2. The number of hydrogen-bond acceptors (Lipinski definition) is 8. The Balaban J connectivity index is 1.23. The fourth-order valence-corrected chi connectivity index (χ4v) is 4.52. The number of nitrogens with one attached hydrogen (secondary N) is 3. The third-order valence-corrected chi connectivity index (χ3v) is 6.65. The van der Waals surface area contributed by atoms with Crippen molar-refractivity contribution < 1.29 is 9.53 Å². The van der Waals surface area contributed by atoms with E-state index in [1.807, 2.05) is 25.5 Å². The summed E-state index contributed by atoms with van der Waals surface area (Å²) in [6.07, 6.45) is 6.33. The van der Waals surface area contributed by atoms with Gasteiger partial charge in [0.2, 0.25) is 11.8 Å². The molecule has 10 nitrogen and oxygen atoms in total. The third-order valence-electron chi connectivity index (χ3n) is 6.65. The zero-order valence-corrected chi connectivity index (χ0v) is 20.5. The Morgan fingerprint density at radius 2 is 2.06 bits per heavy atom. The fraction of sp³-hybridized carbons (Fsp3) is 0.440. The normalized spacial score (nSPS) is 14.9. The van der Waals surface area contributed by atoms with E-state index in [9.17, 15) is 4.79 Å². The minimum absolute atomic E-state index is 0.0775. The Labute approximate surface area is 205 Å². The van der Waals surface area contributed by atoms with Crippen molar-refractivity contribution in [3.8, 4) is 5.88 Å². The number of likely N-dealkylation sites (N-methyl/N-ethyl adjacent to an activating group) is 1. The molecule has 0 unspecified atom stereocenters.